The van der Waals surface area contributed by atoms with Crippen LogP contribution >= 0.6 is 22.6 Å². The minimum Gasteiger partial charge on any atom is -0.360 e. The molecule has 1 aliphatic heterocycles. The Morgan fingerprint density at radius 3 is 2.52 bits per heavy atom. The van der Waals surface area contributed by atoms with Crippen molar-refractivity contribution in [2.45, 2.75) is 25.6 Å². The van der Waals surface area contributed by atoms with Crippen molar-refractivity contribution < 1.29 is 4.74 Å². The van der Waals surface area contributed by atoms with Crippen LogP contribution in [0, 0.1) is 10.5 Å². The van der Waals surface area contributed by atoms with Gasteiger partial charge >= 0.3 is 0 Å². The van der Waals surface area contributed by atoms with Gasteiger partial charge in [-0.1, -0.05) is 54.6 Å². The summed E-state index contributed by atoms with van der Waals surface area (Å²) in [7, 11) is 0. The van der Waals surface area contributed by atoms with E-state index in [1.165, 1.54) is 20.3 Å². The summed E-state index contributed by atoms with van der Waals surface area (Å²) in [5.41, 5.74) is 7.93. The Morgan fingerprint density at radius 1 is 1.14 bits per heavy atom. The molecular formula is C19H17IO. The van der Waals surface area contributed by atoms with Crippen LogP contribution in [0.1, 0.15) is 35.3 Å². The van der Waals surface area contributed by atoms with E-state index in [9.17, 15) is 0 Å². The van der Waals surface area contributed by atoms with Gasteiger partial charge in [0.1, 0.15) is 6.10 Å². The quantitative estimate of drug-likeness (QED) is 0.487. The lowest BCUT2D eigenvalue weighted by molar-refractivity contribution is 0.0512. The molecule has 2 aromatic carbocycles. The molecule has 0 aliphatic carbocycles. The molecule has 1 aliphatic rings. The second-order valence-corrected chi connectivity index (χ2v) is 6.51. The van der Waals surface area contributed by atoms with E-state index < -0.39 is 0 Å². The predicted octanol–water partition coefficient (Wildman–Crippen LogP) is 5.51. The normalized spacial score (nSPS) is 21.3. The summed E-state index contributed by atoms with van der Waals surface area (Å²) in [5, 5.41) is 0. The van der Waals surface area contributed by atoms with Gasteiger partial charge in [0.2, 0.25) is 0 Å². The first kappa shape index (κ1) is 14.6. The molecule has 0 aromatic heterocycles. The van der Waals surface area contributed by atoms with Gasteiger partial charge in [0.05, 0.1) is 6.10 Å². The standard InChI is InChI=1S/C19H17IO/c1-3-14-12-18(15-10-8-13(2)9-11-15)21-19(14)16-6-4-5-7-17(16)20/h4-11,18-19H,1,12H2,2H3. The second kappa shape index (κ2) is 6.18. The van der Waals surface area contributed by atoms with Gasteiger partial charge in [0.15, 0.2) is 0 Å². The average Bonchev–Trinajstić information content (AvgIpc) is 2.92. The van der Waals surface area contributed by atoms with Crippen LogP contribution in [0.2, 0.25) is 0 Å². The molecule has 2 atom stereocenters. The Hall–Kier alpha value is -1.35. The van der Waals surface area contributed by atoms with E-state index in [1.807, 2.05) is 0 Å². The van der Waals surface area contributed by atoms with Crippen molar-refractivity contribution in [2.24, 2.45) is 0 Å². The first-order chi connectivity index (χ1) is 10.2. The molecule has 1 nitrogen and oxygen atoms in total. The van der Waals surface area contributed by atoms with Crippen LogP contribution in [0.5, 0.6) is 0 Å². The van der Waals surface area contributed by atoms with Crippen LogP contribution in [0.15, 0.2) is 66.4 Å². The average molecular weight is 388 g/mol. The molecular weight excluding hydrogens is 371 g/mol. The fourth-order valence-electron chi connectivity index (χ4n) is 2.69. The lowest BCUT2D eigenvalue weighted by Gasteiger charge is -2.15. The number of rotatable bonds is 2. The molecule has 1 saturated heterocycles. The van der Waals surface area contributed by atoms with E-state index >= 15 is 0 Å². The molecule has 0 saturated carbocycles. The van der Waals surface area contributed by atoms with E-state index in [4.69, 9.17) is 4.74 Å². The molecule has 3 rings (SSSR count). The molecule has 106 valence electrons. The summed E-state index contributed by atoms with van der Waals surface area (Å²) in [4.78, 5) is 0. The highest BCUT2D eigenvalue weighted by Gasteiger charge is 2.32. The Kier molecular flexibility index (Phi) is 4.29. The largest absolute Gasteiger partial charge is 0.360 e. The minimum absolute atomic E-state index is 0.0260. The van der Waals surface area contributed by atoms with Gasteiger partial charge in [-0.2, -0.15) is 0 Å². The van der Waals surface area contributed by atoms with E-state index in [0.29, 0.717) is 0 Å². The van der Waals surface area contributed by atoms with Gasteiger partial charge < -0.3 is 4.74 Å². The smallest absolute Gasteiger partial charge is 0.113 e. The minimum atomic E-state index is -0.0260. The monoisotopic (exact) mass is 388 g/mol. The zero-order chi connectivity index (χ0) is 14.8. The van der Waals surface area contributed by atoms with Gasteiger partial charge in [-0.25, -0.2) is 0 Å². The van der Waals surface area contributed by atoms with Gasteiger partial charge in [0, 0.05) is 15.6 Å². The fourth-order valence-corrected chi connectivity index (χ4v) is 3.36. The molecule has 2 heteroatoms. The van der Waals surface area contributed by atoms with Crippen molar-refractivity contribution in [3.05, 3.63) is 86.7 Å². The molecule has 21 heavy (non-hydrogen) atoms. The molecule has 0 bridgehead atoms. The highest BCUT2D eigenvalue weighted by Crippen LogP contribution is 2.45. The zero-order valence-electron chi connectivity index (χ0n) is 12.0. The van der Waals surface area contributed by atoms with Gasteiger partial charge in [-0.3, -0.25) is 0 Å². The lowest BCUT2D eigenvalue weighted by Crippen LogP contribution is -2.02. The maximum absolute atomic E-state index is 6.31. The molecule has 0 radical (unpaired) electrons. The van der Waals surface area contributed by atoms with E-state index in [-0.39, 0.29) is 12.2 Å². The first-order valence-electron chi connectivity index (χ1n) is 7.04. The zero-order valence-corrected chi connectivity index (χ0v) is 14.1. The summed E-state index contributed by atoms with van der Waals surface area (Å²) in [6.07, 6.45) is 0.931. The number of hydrogen-bond donors (Lipinski definition) is 0. The maximum atomic E-state index is 6.31. The number of benzene rings is 2. The van der Waals surface area contributed by atoms with Gasteiger partial charge in [0.25, 0.3) is 0 Å². The van der Waals surface area contributed by atoms with Gasteiger partial charge in [-0.15, -0.1) is 5.73 Å². The molecule has 0 N–H and O–H groups in total. The summed E-state index contributed by atoms with van der Waals surface area (Å²) in [5.74, 6) is 0. The third-order valence-electron chi connectivity index (χ3n) is 3.89. The summed E-state index contributed by atoms with van der Waals surface area (Å²) in [6, 6.07) is 16.9. The topological polar surface area (TPSA) is 9.23 Å². The SMILES string of the molecule is C=C=C1CC(c2ccc(C)cc2)OC1c1ccccc1I. The Labute approximate surface area is 139 Å². The highest BCUT2D eigenvalue weighted by atomic mass is 127. The van der Waals surface area contributed by atoms with Crippen LogP contribution in [0.25, 0.3) is 0 Å². The Bertz CT molecular complexity index is 696. The van der Waals surface area contributed by atoms with Crippen LogP contribution < -0.4 is 0 Å². The van der Waals surface area contributed by atoms with Crippen molar-refractivity contribution in [3.63, 3.8) is 0 Å². The third-order valence-corrected chi connectivity index (χ3v) is 4.87. The van der Waals surface area contributed by atoms with Crippen LogP contribution in [0.4, 0.5) is 0 Å². The molecule has 0 amide bonds. The first-order valence-corrected chi connectivity index (χ1v) is 8.12. The molecule has 2 unspecified atom stereocenters. The van der Waals surface area contributed by atoms with Crippen LogP contribution in [-0.2, 0) is 4.74 Å². The molecule has 0 spiro atoms. The number of ether oxygens (including phenoxy) is 1. The number of hydrogen-bond acceptors (Lipinski definition) is 1. The van der Waals surface area contributed by atoms with E-state index in [2.05, 4.69) is 90.4 Å². The van der Waals surface area contributed by atoms with Crippen LogP contribution in [0.3, 0.4) is 0 Å². The van der Waals surface area contributed by atoms with Crippen molar-refractivity contribution >= 4 is 22.6 Å². The summed E-state index contributed by atoms with van der Waals surface area (Å²) >= 11 is 2.36. The van der Waals surface area contributed by atoms with E-state index in [1.54, 1.807) is 0 Å². The summed E-state index contributed by atoms with van der Waals surface area (Å²) < 4.78 is 7.53. The molecule has 1 heterocycles. The van der Waals surface area contributed by atoms with Crippen molar-refractivity contribution in [1.29, 1.82) is 0 Å². The molecule has 1 fully saturated rings. The van der Waals surface area contributed by atoms with Crippen LogP contribution in [-0.4, -0.2) is 0 Å². The maximum Gasteiger partial charge on any atom is 0.113 e. The fraction of sp³-hybridized carbons (Fsp3) is 0.211. The van der Waals surface area contributed by atoms with Crippen molar-refractivity contribution in [3.8, 4) is 0 Å². The van der Waals surface area contributed by atoms with Crippen molar-refractivity contribution in [2.75, 3.05) is 0 Å². The number of aryl methyl sites for hydroxylation is 1. The highest BCUT2D eigenvalue weighted by molar-refractivity contribution is 14.1. The predicted molar refractivity (Wildman–Crippen MR) is 94.2 cm³/mol. The summed E-state index contributed by atoms with van der Waals surface area (Å²) in [6.45, 7) is 5.95. The van der Waals surface area contributed by atoms with E-state index in [0.717, 1.165) is 12.0 Å². The van der Waals surface area contributed by atoms with Crippen molar-refractivity contribution in [1.82, 2.24) is 0 Å². The second-order valence-electron chi connectivity index (χ2n) is 5.34. The van der Waals surface area contributed by atoms with Gasteiger partial charge in [-0.05, 0) is 46.7 Å². The Balaban J connectivity index is 1.92. The number of halogens is 1. The lowest BCUT2D eigenvalue weighted by atomic mass is 9.99. The molecule has 2 aromatic rings. The third kappa shape index (κ3) is 2.98. The Morgan fingerprint density at radius 2 is 1.86 bits per heavy atom.